The van der Waals surface area contributed by atoms with Gasteiger partial charge in [0.25, 0.3) is 0 Å². The Balaban J connectivity index is 2.50. The van der Waals surface area contributed by atoms with Crippen molar-refractivity contribution in [3.05, 3.63) is 65.2 Å². The third-order valence-corrected chi connectivity index (χ3v) is 1.80. The van der Waals surface area contributed by atoms with E-state index in [1.165, 1.54) is 5.56 Å². The summed E-state index contributed by atoms with van der Waals surface area (Å²) in [5.74, 6) is 0. The molecule has 1 heteroatoms. The van der Waals surface area contributed by atoms with Crippen LogP contribution < -0.4 is 0 Å². The lowest BCUT2D eigenvalue weighted by molar-refractivity contribution is 1.66. The monoisotopic (exact) mass is 234 g/mol. The number of hydrogen-bond donors (Lipinski definition) is 0. The van der Waals surface area contributed by atoms with E-state index in [0.717, 1.165) is 0 Å². The molecule has 13 heavy (non-hydrogen) atoms. The highest BCUT2D eigenvalue weighted by atomic mass is 79.9. The summed E-state index contributed by atoms with van der Waals surface area (Å²) in [5.41, 5.74) is 1.22. The van der Waals surface area contributed by atoms with Gasteiger partial charge in [-0.3, -0.25) is 0 Å². The molecule has 0 spiro atoms. The predicted octanol–water partition coefficient (Wildman–Crippen LogP) is 4.16. The molecule has 0 N–H and O–H groups in total. The summed E-state index contributed by atoms with van der Waals surface area (Å²) in [6.07, 6.45) is 9.97. The zero-order valence-electron chi connectivity index (χ0n) is 7.23. The quantitative estimate of drug-likeness (QED) is 0.690. The average Bonchev–Trinajstić information content (AvgIpc) is 2.19. The molecule has 0 aliphatic rings. The van der Waals surface area contributed by atoms with Crippen LogP contribution in [0.1, 0.15) is 5.56 Å². The SMILES string of the molecule is Br\C=C/C=C/C=C/c1ccccc1. The van der Waals surface area contributed by atoms with E-state index in [-0.39, 0.29) is 0 Å². The summed E-state index contributed by atoms with van der Waals surface area (Å²) >= 11 is 3.19. The number of benzene rings is 1. The molecular formula is C12H11Br. The van der Waals surface area contributed by atoms with Gasteiger partial charge in [-0.1, -0.05) is 76.6 Å². The second-order valence-electron chi connectivity index (χ2n) is 2.47. The number of halogens is 1. The molecule has 0 aliphatic carbocycles. The van der Waals surface area contributed by atoms with Gasteiger partial charge in [0.15, 0.2) is 0 Å². The first-order valence-electron chi connectivity index (χ1n) is 4.08. The second-order valence-corrected chi connectivity index (χ2v) is 3.00. The van der Waals surface area contributed by atoms with Gasteiger partial charge in [0, 0.05) is 0 Å². The van der Waals surface area contributed by atoms with Crippen LogP contribution in [0.5, 0.6) is 0 Å². The number of rotatable bonds is 3. The van der Waals surface area contributed by atoms with Crippen LogP contribution in [0.4, 0.5) is 0 Å². The first-order valence-corrected chi connectivity index (χ1v) is 5.00. The minimum absolute atomic E-state index is 1.22. The van der Waals surface area contributed by atoms with E-state index in [1.807, 2.05) is 47.5 Å². The fourth-order valence-electron chi connectivity index (χ4n) is 0.901. The van der Waals surface area contributed by atoms with Crippen molar-refractivity contribution in [2.45, 2.75) is 0 Å². The second kappa shape index (κ2) is 6.44. The summed E-state index contributed by atoms with van der Waals surface area (Å²) in [4.78, 5) is 1.82. The molecule has 1 aromatic carbocycles. The van der Waals surface area contributed by atoms with Crippen LogP contribution in [0.3, 0.4) is 0 Å². The molecule has 0 fully saturated rings. The van der Waals surface area contributed by atoms with E-state index < -0.39 is 0 Å². The lowest BCUT2D eigenvalue weighted by Gasteiger charge is -1.87. The van der Waals surface area contributed by atoms with Crippen LogP contribution in [0.2, 0.25) is 0 Å². The first-order chi connectivity index (χ1) is 6.43. The van der Waals surface area contributed by atoms with Gasteiger partial charge in [0.2, 0.25) is 0 Å². The Labute approximate surface area is 87.4 Å². The van der Waals surface area contributed by atoms with Crippen molar-refractivity contribution in [1.82, 2.24) is 0 Å². The zero-order valence-corrected chi connectivity index (χ0v) is 8.81. The van der Waals surface area contributed by atoms with Gasteiger partial charge in [0.1, 0.15) is 0 Å². The normalized spacial score (nSPS) is 12.1. The van der Waals surface area contributed by atoms with E-state index in [4.69, 9.17) is 0 Å². The highest BCUT2D eigenvalue weighted by molar-refractivity contribution is 9.11. The molecule has 0 atom stereocenters. The maximum absolute atomic E-state index is 3.19. The van der Waals surface area contributed by atoms with Gasteiger partial charge in [-0.15, -0.1) is 0 Å². The molecular weight excluding hydrogens is 224 g/mol. The van der Waals surface area contributed by atoms with E-state index in [0.29, 0.717) is 0 Å². The summed E-state index contributed by atoms with van der Waals surface area (Å²) in [7, 11) is 0. The van der Waals surface area contributed by atoms with Gasteiger partial charge in [-0.25, -0.2) is 0 Å². The minimum Gasteiger partial charge on any atom is -0.0622 e. The fraction of sp³-hybridized carbons (Fsp3) is 0. The van der Waals surface area contributed by atoms with Crippen molar-refractivity contribution in [2.75, 3.05) is 0 Å². The maximum Gasteiger partial charge on any atom is -0.0189 e. The summed E-state index contributed by atoms with van der Waals surface area (Å²) in [6.45, 7) is 0. The molecule has 0 aliphatic heterocycles. The summed E-state index contributed by atoms with van der Waals surface area (Å²) in [5, 5.41) is 0. The van der Waals surface area contributed by atoms with Gasteiger partial charge >= 0.3 is 0 Å². The Kier molecular flexibility index (Phi) is 4.95. The molecule has 0 aromatic heterocycles. The van der Waals surface area contributed by atoms with Crippen LogP contribution in [-0.2, 0) is 0 Å². The third-order valence-electron chi connectivity index (χ3n) is 1.49. The van der Waals surface area contributed by atoms with Gasteiger partial charge in [-0.05, 0) is 10.5 Å². The molecule has 1 rings (SSSR count). The van der Waals surface area contributed by atoms with Crippen molar-refractivity contribution in [2.24, 2.45) is 0 Å². The molecule has 1 aromatic rings. The van der Waals surface area contributed by atoms with E-state index in [2.05, 4.69) is 34.1 Å². The van der Waals surface area contributed by atoms with Crippen LogP contribution in [-0.4, -0.2) is 0 Å². The summed E-state index contributed by atoms with van der Waals surface area (Å²) < 4.78 is 0. The highest BCUT2D eigenvalue weighted by Gasteiger charge is 1.78. The Bertz CT molecular complexity index is 307. The average molecular weight is 235 g/mol. The van der Waals surface area contributed by atoms with Crippen molar-refractivity contribution >= 4 is 22.0 Å². The Morgan fingerprint density at radius 1 is 0.846 bits per heavy atom. The van der Waals surface area contributed by atoms with Crippen LogP contribution in [0, 0.1) is 0 Å². The third kappa shape index (κ3) is 4.48. The molecule has 0 nitrogen and oxygen atoms in total. The Morgan fingerprint density at radius 3 is 2.23 bits per heavy atom. The molecule has 66 valence electrons. The topological polar surface area (TPSA) is 0 Å². The van der Waals surface area contributed by atoms with Crippen LogP contribution in [0.25, 0.3) is 6.08 Å². The maximum atomic E-state index is 3.19. The Morgan fingerprint density at radius 2 is 1.54 bits per heavy atom. The van der Waals surface area contributed by atoms with Gasteiger partial charge in [-0.2, -0.15) is 0 Å². The molecule has 0 unspecified atom stereocenters. The smallest absolute Gasteiger partial charge is 0.0189 e. The minimum atomic E-state index is 1.22. The van der Waals surface area contributed by atoms with Crippen LogP contribution >= 0.6 is 15.9 Å². The molecule has 0 heterocycles. The largest absolute Gasteiger partial charge is 0.0622 e. The molecule has 0 radical (unpaired) electrons. The Hall–Kier alpha value is -1.08. The molecule has 0 saturated heterocycles. The van der Waals surface area contributed by atoms with E-state index >= 15 is 0 Å². The molecule has 0 bridgehead atoms. The van der Waals surface area contributed by atoms with E-state index in [1.54, 1.807) is 0 Å². The lowest BCUT2D eigenvalue weighted by atomic mass is 10.2. The van der Waals surface area contributed by atoms with Crippen molar-refractivity contribution < 1.29 is 0 Å². The number of hydrogen-bond acceptors (Lipinski definition) is 0. The fourth-order valence-corrected chi connectivity index (χ4v) is 1.08. The zero-order chi connectivity index (χ0) is 9.36. The molecule has 0 amide bonds. The van der Waals surface area contributed by atoms with Gasteiger partial charge < -0.3 is 0 Å². The van der Waals surface area contributed by atoms with Crippen molar-refractivity contribution in [1.29, 1.82) is 0 Å². The highest BCUT2D eigenvalue weighted by Crippen LogP contribution is 2.00. The molecule has 0 saturated carbocycles. The standard InChI is InChI=1S/C12H11Br/c13-11-7-2-1-4-8-12-9-5-3-6-10-12/h1-11H/b2-1+,8-4+,11-7-. The van der Waals surface area contributed by atoms with Crippen LogP contribution in [0.15, 0.2) is 59.6 Å². The lowest BCUT2D eigenvalue weighted by Crippen LogP contribution is -1.66. The first kappa shape index (κ1) is 10.0. The van der Waals surface area contributed by atoms with Crippen molar-refractivity contribution in [3.63, 3.8) is 0 Å². The number of allylic oxidation sites excluding steroid dienone is 4. The predicted molar refractivity (Wildman–Crippen MR) is 62.7 cm³/mol. The van der Waals surface area contributed by atoms with Gasteiger partial charge in [0.05, 0.1) is 0 Å². The summed E-state index contributed by atoms with van der Waals surface area (Å²) in [6, 6.07) is 10.2. The van der Waals surface area contributed by atoms with Crippen molar-refractivity contribution in [3.8, 4) is 0 Å². The van der Waals surface area contributed by atoms with E-state index in [9.17, 15) is 0 Å².